The smallest absolute Gasteiger partial charge is 0.449 e. The summed E-state index contributed by atoms with van der Waals surface area (Å²) in [7, 11) is 0. The van der Waals surface area contributed by atoms with Crippen LogP contribution in [0, 0.1) is 11.8 Å². The Morgan fingerprint density at radius 3 is 2.00 bits per heavy atom. The standard InChI is InChI=1S/C23H38O3/c1-18(2)12-7-5-9-14-20-15-11-17-22(26-23(24)25)21(20)16-10-6-8-13-19(3)4/h11,15,17-19H,5-10,12-14,16H2,1-4H3,(H,24,25). The summed E-state index contributed by atoms with van der Waals surface area (Å²) in [6, 6.07) is 5.85. The fourth-order valence-electron chi connectivity index (χ4n) is 3.39. The molecule has 0 radical (unpaired) electrons. The van der Waals surface area contributed by atoms with Gasteiger partial charge in [0.25, 0.3) is 0 Å². The van der Waals surface area contributed by atoms with Crippen LogP contribution < -0.4 is 4.74 Å². The molecule has 1 N–H and O–H groups in total. The van der Waals surface area contributed by atoms with Gasteiger partial charge in [0.1, 0.15) is 5.75 Å². The van der Waals surface area contributed by atoms with Crippen molar-refractivity contribution in [1.82, 2.24) is 0 Å². The molecule has 1 aromatic carbocycles. The monoisotopic (exact) mass is 362 g/mol. The Kier molecular flexibility index (Phi) is 11.1. The van der Waals surface area contributed by atoms with Crippen LogP contribution in [-0.4, -0.2) is 11.3 Å². The third-order valence-electron chi connectivity index (χ3n) is 4.86. The van der Waals surface area contributed by atoms with Gasteiger partial charge in [-0.3, -0.25) is 0 Å². The van der Waals surface area contributed by atoms with Gasteiger partial charge in [0, 0.05) is 0 Å². The molecule has 1 aromatic rings. The summed E-state index contributed by atoms with van der Waals surface area (Å²) < 4.78 is 5.06. The molecule has 0 spiro atoms. The van der Waals surface area contributed by atoms with Gasteiger partial charge in [0.2, 0.25) is 0 Å². The molecule has 3 heteroatoms. The van der Waals surface area contributed by atoms with Crippen LogP contribution in [0.2, 0.25) is 0 Å². The van der Waals surface area contributed by atoms with Crippen molar-refractivity contribution in [1.29, 1.82) is 0 Å². The number of aryl methyl sites for hydroxylation is 1. The summed E-state index contributed by atoms with van der Waals surface area (Å²) in [5.41, 5.74) is 2.36. The van der Waals surface area contributed by atoms with Crippen molar-refractivity contribution in [3.05, 3.63) is 29.3 Å². The predicted octanol–water partition coefficient (Wildman–Crippen LogP) is 7.26. The van der Waals surface area contributed by atoms with Crippen LogP contribution in [0.4, 0.5) is 4.79 Å². The molecule has 0 aromatic heterocycles. The maximum atomic E-state index is 11.0. The van der Waals surface area contributed by atoms with Crippen LogP contribution in [0.15, 0.2) is 18.2 Å². The van der Waals surface area contributed by atoms with E-state index in [1.807, 2.05) is 6.07 Å². The van der Waals surface area contributed by atoms with E-state index in [2.05, 4.69) is 33.8 Å². The molecule has 0 aliphatic carbocycles. The number of carbonyl (C=O) groups is 1. The van der Waals surface area contributed by atoms with Crippen LogP contribution >= 0.6 is 0 Å². The van der Waals surface area contributed by atoms with Crippen molar-refractivity contribution in [2.45, 2.75) is 91.9 Å². The van der Waals surface area contributed by atoms with Gasteiger partial charge in [-0.2, -0.15) is 0 Å². The molecule has 0 fully saturated rings. The van der Waals surface area contributed by atoms with E-state index in [0.29, 0.717) is 5.75 Å². The summed E-state index contributed by atoms with van der Waals surface area (Å²) >= 11 is 0. The maximum absolute atomic E-state index is 11.0. The topological polar surface area (TPSA) is 46.5 Å². The largest absolute Gasteiger partial charge is 0.511 e. The maximum Gasteiger partial charge on any atom is 0.511 e. The normalized spacial score (nSPS) is 11.3. The molecule has 0 saturated heterocycles. The van der Waals surface area contributed by atoms with Crippen LogP contribution in [0.5, 0.6) is 5.75 Å². The third-order valence-corrected chi connectivity index (χ3v) is 4.86. The molecule has 148 valence electrons. The summed E-state index contributed by atoms with van der Waals surface area (Å²) in [5.74, 6) is 2.05. The minimum Gasteiger partial charge on any atom is -0.449 e. The first-order valence-corrected chi connectivity index (χ1v) is 10.4. The van der Waals surface area contributed by atoms with Crippen molar-refractivity contribution >= 4 is 6.16 Å². The highest BCUT2D eigenvalue weighted by atomic mass is 16.7. The second-order valence-electron chi connectivity index (χ2n) is 8.25. The third kappa shape index (κ3) is 9.84. The van der Waals surface area contributed by atoms with Crippen LogP contribution in [0.1, 0.15) is 90.2 Å². The van der Waals surface area contributed by atoms with Gasteiger partial charge in [0.05, 0.1) is 0 Å². The highest BCUT2D eigenvalue weighted by Gasteiger charge is 2.12. The minimum absolute atomic E-state index is 0.529. The Labute approximate surface area is 160 Å². The van der Waals surface area contributed by atoms with Gasteiger partial charge in [-0.25, -0.2) is 4.79 Å². The average Bonchev–Trinajstić information content (AvgIpc) is 2.55. The lowest BCUT2D eigenvalue weighted by Gasteiger charge is -2.14. The molecule has 0 saturated carbocycles. The minimum atomic E-state index is -1.22. The summed E-state index contributed by atoms with van der Waals surface area (Å²) in [4.78, 5) is 11.0. The van der Waals surface area contributed by atoms with Gasteiger partial charge in [-0.1, -0.05) is 78.4 Å². The van der Waals surface area contributed by atoms with E-state index in [0.717, 1.165) is 43.1 Å². The van der Waals surface area contributed by atoms with Gasteiger partial charge in [0.15, 0.2) is 0 Å². The molecule has 0 aliphatic rings. The van der Waals surface area contributed by atoms with Crippen molar-refractivity contribution in [2.24, 2.45) is 11.8 Å². The molecule has 0 heterocycles. The first-order chi connectivity index (χ1) is 12.4. The van der Waals surface area contributed by atoms with E-state index in [-0.39, 0.29) is 0 Å². The first-order valence-electron chi connectivity index (χ1n) is 10.4. The van der Waals surface area contributed by atoms with E-state index in [4.69, 9.17) is 9.84 Å². The highest BCUT2D eigenvalue weighted by Crippen LogP contribution is 2.27. The fraction of sp³-hybridized carbons (Fsp3) is 0.696. The zero-order valence-electron chi connectivity index (χ0n) is 17.2. The van der Waals surface area contributed by atoms with Crippen molar-refractivity contribution in [3.63, 3.8) is 0 Å². The van der Waals surface area contributed by atoms with E-state index in [9.17, 15) is 4.79 Å². The molecular weight excluding hydrogens is 324 g/mol. The molecule has 0 aliphatic heterocycles. The van der Waals surface area contributed by atoms with Gasteiger partial charge in [-0.15, -0.1) is 0 Å². The Hall–Kier alpha value is -1.51. The lowest BCUT2D eigenvalue weighted by Crippen LogP contribution is -2.07. The number of ether oxygens (including phenoxy) is 1. The van der Waals surface area contributed by atoms with E-state index in [1.54, 1.807) is 6.07 Å². The molecule has 26 heavy (non-hydrogen) atoms. The van der Waals surface area contributed by atoms with Crippen LogP contribution in [0.25, 0.3) is 0 Å². The van der Waals surface area contributed by atoms with E-state index in [1.165, 1.54) is 44.1 Å². The number of benzene rings is 1. The SMILES string of the molecule is CC(C)CCCCCc1cccc(OC(=O)O)c1CCCCCC(C)C. The Morgan fingerprint density at radius 2 is 1.46 bits per heavy atom. The number of rotatable bonds is 13. The molecule has 0 unspecified atom stereocenters. The van der Waals surface area contributed by atoms with E-state index < -0.39 is 6.16 Å². The zero-order valence-corrected chi connectivity index (χ0v) is 17.2. The van der Waals surface area contributed by atoms with Crippen molar-refractivity contribution in [2.75, 3.05) is 0 Å². The Balaban J connectivity index is 2.63. The second kappa shape index (κ2) is 12.8. The first kappa shape index (κ1) is 22.5. The van der Waals surface area contributed by atoms with Crippen LogP contribution in [0.3, 0.4) is 0 Å². The van der Waals surface area contributed by atoms with Gasteiger partial charge >= 0.3 is 6.16 Å². The number of hydrogen-bond donors (Lipinski definition) is 1. The summed E-state index contributed by atoms with van der Waals surface area (Å²) in [6.45, 7) is 9.05. The molecule has 3 nitrogen and oxygen atoms in total. The quantitative estimate of drug-likeness (QED) is 0.228. The molecule has 1 rings (SSSR count). The Bertz CT molecular complexity index is 520. The lowest BCUT2D eigenvalue weighted by atomic mass is 9.95. The van der Waals surface area contributed by atoms with Crippen molar-refractivity contribution < 1.29 is 14.6 Å². The number of unbranched alkanes of at least 4 members (excludes halogenated alkanes) is 4. The summed E-state index contributed by atoms with van der Waals surface area (Å²) in [6.07, 6.45) is 10.4. The molecular formula is C23H38O3. The van der Waals surface area contributed by atoms with Gasteiger partial charge in [-0.05, 0) is 54.7 Å². The molecule has 0 amide bonds. The zero-order chi connectivity index (χ0) is 19.4. The van der Waals surface area contributed by atoms with Crippen molar-refractivity contribution in [3.8, 4) is 5.75 Å². The van der Waals surface area contributed by atoms with Crippen LogP contribution in [-0.2, 0) is 12.8 Å². The summed E-state index contributed by atoms with van der Waals surface area (Å²) in [5, 5.41) is 9.03. The molecule has 0 atom stereocenters. The predicted molar refractivity (Wildman–Crippen MR) is 109 cm³/mol. The Morgan fingerprint density at radius 1 is 0.885 bits per heavy atom. The fourth-order valence-corrected chi connectivity index (χ4v) is 3.39. The lowest BCUT2D eigenvalue weighted by molar-refractivity contribution is 0.144. The molecule has 0 bridgehead atoms. The van der Waals surface area contributed by atoms with E-state index >= 15 is 0 Å². The van der Waals surface area contributed by atoms with Gasteiger partial charge < -0.3 is 9.84 Å². The average molecular weight is 363 g/mol. The number of carboxylic acid groups (broad SMARTS) is 1. The number of hydrogen-bond acceptors (Lipinski definition) is 2. The highest BCUT2D eigenvalue weighted by molar-refractivity contribution is 5.62. The second-order valence-corrected chi connectivity index (χ2v) is 8.25.